The van der Waals surface area contributed by atoms with Gasteiger partial charge in [0.15, 0.2) is 11.4 Å². The van der Waals surface area contributed by atoms with Gasteiger partial charge >= 0.3 is 12.3 Å². The van der Waals surface area contributed by atoms with Crippen molar-refractivity contribution in [2.24, 2.45) is 11.7 Å². The maximum Gasteiger partial charge on any atom is 0.419 e. The average Bonchev–Trinajstić information content (AvgIpc) is 3.08. The molecule has 2 unspecified atom stereocenters. The number of carbonyl (C=O) groups is 1. The minimum absolute atomic E-state index is 0.130. The maximum absolute atomic E-state index is 13.4. The van der Waals surface area contributed by atoms with Gasteiger partial charge in [-0.1, -0.05) is 0 Å². The zero-order chi connectivity index (χ0) is 18.3. The molecule has 9 heteroatoms. The quantitative estimate of drug-likeness (QED) is 0.820. The number of nitrogens with two attached hydrogens (primary N) is 1. The van der Waals surface area contributed by atoms with Crippen LogP contribution in [0.5, 0.6) is 0 Å². The Kier molecular flexibility index (Phi) is 4.51. The van der Waals surface area contributed by atoms with E-state index in [1.807, 2.05) is 0 Å². The van der Waals surface area contributed by atoms with Crippen molar-refractivity contribution in [1.82, 2.24) is 10.3 Å². The lowest BCUT2D eigenvalue weighted by molar-refractivity contribution is -0.140. The number of halogens is 4. The molecule has 1 saturated carbocycles. The molecule has 1 aliphatic rings. The average molecular weight is 349 g/mol. The third kappa shape index (κ3) is 3.77. The number of hydrogen-bond donors (Lipinski definition) is 2. The molecule has 1 aromatic rings. The van der Waals surface area contributed by atoms with Gasteiger partial charge in [-0.3, -0.25) is 4.98 Å². The number of alkyl halides is 3. The second-order valence-electron chi connectivity index (χ2n) is 6.67. The minimum Gasteiger partial charge on any atom is -0.436 e. The second kappa shape index (κ2) is 5.87. The fourth-order valence-corrected chi connectivity index (χ4v) is 2.77. The number of hydrogen-bond acceptors (Lipinski definition) is 4. The zero-order valence-electron chi connectivity index (χ0n) is 13.5. The van der Waals surface area contributed by atoms with E-state index in [4.69, 9.17) is 10.5 Å². The van der Waals surface area contributed by atoms with Gasteiger partial charge in [-0.05, 0) is 26.3 Å². The Labute approximate surface area is 136 Å². The number of nitrogens with zero attached hydrogens (tertiary/aromatic N) is 1. The van der Waals surface area contributed by atoms with E-state index in [0.717, 1.165) is 0 Å². The van der Waals surface area contributed by atoms with Crippen LogP contribution in [-0.2, 0) is 16.5 Å². The van der Waals surface area contributed by atoms with Gasteiger partial charge in [-0.15, -0.1) is 0 Å². The molecule has 0 saturated heterocycles. The van der Waals surface area contributed by atoms with Crippen molar-refractivity contribution >= 4 is 6.09 Å². The fourth-order valence-electron chi connectivity index (χ4n) is 2.77. The van der Waals surface area contributed by atoms with E-state index in [0.29, 0.717) is 18.7 Å². The first kappa shape index (κ1) is 18.4. The molecule has 0 radical (unpaired) electrons. The lowest BCUT2D eigenvalue weighted by atomic mass is 9.96. The van der Waals surface area contributed by atoms with Gasteiger partial charge < -0.3 is 15.8 Å². The molecule has 2 rings (SSSR count). The van der Waals surface area contributed by atoms with Crippen LogP contribution in [0.2, 0.25) is 0 Å². The fraction of sp³-hybridized carbons (Fsp3) is 0.600. The van der Waals surface area contributed by atoms with Gasteiger partial charge in [-0.25, -0.2) is 9.18 Å². The van der Waals surface area contributed by atoms with E-state index in [2.05, 4.69) is 10.3 Å². The topological polar surface area (TPSA) is 77.2 Å². The highest BCUT2D eigenvalue weighted by atomic mass is 19.4. The normalized spacial score (nSPS) is 23.8. The highest BCUT2D eigenvalue weighted by Gasteiger charge is 2.61. The third-order valence-electron chi connectivity index (χ3n) is 3.89. The lowest BCUT2D eigenvalue weighted by Gasteiger charge is -2.23. The molecule has 1 amide bonds. The number of nitrogens with one attached hydrogen (secondary N) is 1. The van der Waals surface area contributed by atoms with Crippen molar-refractivity contribution in [3.8, 4) is 0 Å². The summed E-state index contributed by atoms with van der Waals surface area (Å²) in [4.78, 5) is 15.3. The minimum atomic E-state index is -4.87. The molecule has 5 nitrogen and oxygen atoms in total. The first-order valence-corrected chi connectivity index (χ1v) is 7.32. The number of carbonyl (C=O) groups excluding carboxylic acids is 1. The summed E-state index contributed by atoms with van der Waals surface area (Å²) < 4.78 is 57.5. The van der Waals surface area contributed by atoms with Crippen LogP contribution in [0.3, 0.4) is 0 Å². The molecule has 24 heavy (non-hydrogen) atoms. The van der Waals surface area contributed by atoms with Crippen LogP contribution < -0.4 is 11.1 Å². The number of ether oxygens (including phenoxy) is 1. The Bertz CT molecular complexity index is 643. The van der Waals surface area contributed by atoms with E-state index >= 15 is 0 Å². The summed E-state index contributed by atoms with van der Waals surface area (Å²) in [5.41, 5.74) is 2.44. The van der Waals surface area contributed by atoms with Crippen LogP contribution in [0.4, 0.5) is 22.4 Å². The lowest BCUT2D eigenvalue weighted by Crippen LogP contribution is -2.35. The van der Waals surface area contributed by atoms with Crippen molar-refractivity contribution in [3.05, 3.63) is 29.3 Å². The van der Waals surface area contributed by atoms with Crippen LogP contribution in [0, 0.1) is 11.7 Å². The number of aromatic nitrogens is 1. The van der Waals surface area contributed by atoms with Crippen LogP contribution in [0.25, 0.3) is 0 Å². The van der Waals surface area contributed by atoms with Gasteiger partial charge in [0.1, 0.15) is 0 Å². The Morgan fingerprint density at radius 1 is 1.50 bits per heavy atom. The molecule has 2 atom stereocenters. The molecule has 3 N–H and O–H groups in total. The van der Waals surface area contributed by atoms with E-state index in [9.17, 15) is 22.4 Å². The van der Waals surface area contributed by atoms with Crippen LogP contribution in [0.1, 0.15) is 37.9 Å². The number of alkyl carbamates (subject to hydrolysis) is 1. The van der Waals surface area contributed by atoms with E-state index in [-0.39, 0.29) is 18.0 Å². The summed E-state index contributed by atoms with van der Waals surface area (Å²) in [7, 11) is 1.33. The predicted octanol–water partition coefficient (Wildman–Crippen LogP) is 2.94. The number of pyridine rings is 1. The van der Waals surface area contributed by atoms with Gasteiger partial charge in [0.25, 0.3) is 0 Å². The van der Waals surface area contributed by atoms with Crippen molar-refractivity contribution in [3.63, 3.8) is 0 Å². The predicted molar refractivity (Wildman–Crippen MR) is 77.4 cm³/mol. The molecular weight excluding hydrogens is 330 g/mol. The van der Waals surface area contributed by atoms with Crippen molar-refractivity contribution < 1.29 is 27.1 Å². The van der Waals surface area contributed by atoms with Gasteiger partial charge in [-0.2, -0.15) is 13.2 Å². The first-order chi connectivity index (χ1) is 10.9. The monoisotopic (exact) mass is 349 g/mol. The van der Waals surface area contributed by atoms with E-state index < -0.39 is 34.8 Å². The molecule has 0 bridgehead atoms. The third-order valence-corrected chi connectivity index (χ3v) is 3.89. The SMILES string of the molecule is CNC(=O)OC1(c2cc(C(F)(F)F)c(F)cn2)CC1CC(C)(C)N. The summed E-state index contributed by atoms with van der Waals surface area (Å²) in [6, 6.07) is 0.599. The highest BCUT2D eigenvalue weighted by Crippen LogP contribution is 2.58. The molecule has 134 valence electrons. The van der Waals surface area contributed by atoms with Crippen LogP contribution in [0.15, 0.2) is 12.3 Å². The summed E-state index contributed by atoms with van der Waals surface area (Å²) in [5, 5.41) is 2.25. The van der Waals surface area contributed by atoms with E-state index in [1.165, 1.54) is 7.05 Å². The number of rotatable bonds is 4. The van der Waals surface area contributed by atoms with Gasteiger partial charge in [0, 0.05) is 24.9 Å². The molecule has 1 aliphatic carbocycles. The molecule has 0 aromatic carbocycles. The van der Waals surface area contributed by atoms with Crippen molar-refractivity contribution in [2.75, 3.05) is 7.05 Å². The highest BCUT2D eigenvalue weighted by molar-refractivity contribution is 5.68. The largest absolute Gasteiger partial charge is 0.436 e. The Hall–Kier alpha value is -1.90. The molecule has 1 aromatic heterocycles. The van der Waals surface area contributed by atoms with Gasteiger partial charge in [0.05, 0.1) is 17.5 Å². The summed E-state index contributed by atoms with van der Waals surface area (Å²) in [6.07, 6.45) is -4.49. The second-order valence-corrected chi connectivity index (χ2v) is 6.67. The number of amides is 1. The van der Waals surface area contributed by atoms with E-state index in [1.54, 1.807) is 13.8 Å². The van der Waals surface area contributed by atoms with Crippen LogP contribution >= 0.6 is 0 Å². The Balaban J connectivity index is 2.41. The van der Waals surface area contributed by atoms with Gasteiger partial charge in [0.2, 0.25) is 0 Å². The first-order valence-electron chi connectivity index (χ1n) is 7.32. The zero-order valence-corrected chi connectivity index (χ0v) is 13.5. The van der Waals surface area contributed by atoms with Crippen molar-refractivity contribution in [1.29, 1.82) is 0 Å². The Morgan fingerprint density at radius 3 is 2.62 bits per heavy atom. The van der Waals surface area contributed by atoms with Crippen molar-refractivity contribution in [2.45, 2.75) is 44.0 Å². The Morgan fingerprint density at radius 2 is 2.12 bits per heavy atom. The molecule has 1 heterocycles. The summed E-state index contributed by atoms with van der Waals surface area (Å²) in [6.45, 7) is 3.52. The molecule has 0 spiro atoms. The molecule has 0 aliphatic heterocycles. The molecule has 1 fully saturated rings. The summed E-state index contributed by atoms with van der Waals surface area (Å²) in [5.74, 6) is -1.77. The maximum atomic E-state index is 13.4. The summed E-state index contributed by atoms with van der Waals surface area (Å²) >= 11 is 0. The van der Waals surface area contributed by atoms with Crippen LogP contribution in [-0.4, -0.2) is 23.7 Å². The smallest absolute Gasteiger partial charge is 0.419 e. The standard InChI is InChI=1S/C15H19F4N3O2/c1-13(2,20)5-8-6-14(8,24-12(23)21-3)11-4-9(15(17,18)19)10(16)7-22-11/h4,7-8H,5-6,20H2,1-3H3,(H,21,23). The molecular formula is C15H19F4N3O2.